The van der Waals surface area contributed by atoms with Gasteiger partial charge in [0, 0.05) is 30.2 Å². The largest absolute Gasteiger partial charge is 0.324 e. The second kappa shape index (κ2) is 7.10. The van der Waals surface area contributed by atoms with Gasteiger partial charge in [-0.3, -0.25) is 4.90 Å². The van der Waals surface area contributed by atoms with Crippen LogP contribution in [0.2, 0.25) is 5.02 Å². The van der Waals surface area contributed by atoms with Gasteiger partial charge in [-0.1, -0.05) is 29.8 Å². The number of nitrogens with two attached hydrogens (primary N) is 1. The average molecular weight is 308 g/mol. The zero-order valence-corrected chi connectivity index (χ0v) is 13.4. The minimum atomic E-state index is 0.0432. The molecule has 116 valence electrons. The van der Waals surface area contributed by atoms with Gasteiger partial charge in [-0.15, -0.1) is 0 Å². The summed E-state index contributed by atoms with van der Waals surface area (Å²) in [4.78, 5) is 5.28. The van der Waals surface area contributed by atoms with Crippen molar-refractivity contribution in [3.8, 4) is 0 Å². The lowest BCUT2D eigenvalue weighted by molar-refractivity contribution is 0.216. The molecule has 0 amide bonds. The maximum absolute atomic E-state index is 6.34. The predicted molar refractivity (Wildman–Crippen MR) is 88.6 cm³/mol. The van der Waals surface area contributed by atoms with Gasteiger partial charge < -0.3 is 10.6 Å². The molecular weight excluding hydrogens is 282 g/mol. The number of halogens is 1. The number of nitrogens with zero attached hydrogens (tertiary/aromatic N) is 2. The Hall–Kier alpha value is -0.610. The van der Waals surface area contributed by atoms with E-state index in [4.69, 9.17) is 17.3 Å². The highest BCUT2D eigenvalue weighted by Crippen LogP contribution is 2.25. The van der Waals surface area contributed by atoms with Crippen molar-refractivity contribution in [1.29, 1.82) is 0 Å². The molecule has 2 N–H and O–H groups in total. The Kier molecular flexibility index (Phi) is 5.17. The molecule has 2 aliphatic rings. The van der Waals surface area contributed by atoms with E-state index in [0.29, 0.717) is 0 Å². The fourth-order valence-electron chi connectivity index (χ4n) is 3.74. The molecule has 1 aromatic rings. The highest BCUT2D eigenvalue weighted by atomic mass is 35.5. The van der Waals surface area contributed by atoms with Crippen LogP contribution < -0.4 is 5.73 Å². The van der Waals surface area contributed by atoms with Gasteiger partial charge in [0.15, 0.2) is 0 Å². The quantitative estimate of drug-likeness (QED) is 0.928. The second-order valence-corrected chi connectivity index (χ2v) is 6.81. The molecule has 2 atom stereocenters. The van der Waals surface area contributed by atoms with Crippen LogP contribution in [0.1, 0.15) is 37.3 Å². The van der Waals surface area contributed by atoms with E-state index < -0.39 is 0 Å². The van der Waals surface area contributed by atoms with Crippen LogP contribution in [0.3, 0.4) is 0 Å². The van der Waals surface area contributed by atoms with Crippen LogP contribution >= 0.6 is 11.6 Å². The number of fused-ring (bicyclic) bond motifs is 1. The number of benzene rings is 1. The molecule has 2 saturated heterocycles. The fourth-order valence-corrected chi connectivity index (χ4v) is 4.01. The zero-order chi connectivity index (χ0) is 14.7. The molecule has 4 heteroatoms. The first-order valence-corrected chi connectivity index (χ1v) is 8.58. The summed E-state index contributed by atoms with van der Waals surface area (Å²) in [6.07, 6.45) is 5.01. The maximum Gasteiger partial charge on any atom is 0.0453 e. The average Bonchev–Trinajstić information content (AvgIpc) is 2.83. The minimum Gasteiger partial charge on any atom is -0.324 e. The summed E-state index contributed by atoms with van der Waals surface area (Å²) in [7, 11) is 0. The van der Waals surface area contributed by atoms with E-state index >= 15 is 0 Å². The summed E-state index contributed by atoms with van der Waals surface area (Å²) >= 11 is 6.24. The van der Waals surface area contributed by atoms with Gasteiger partial charge in [-0.25, -0.2) is 0 Å². The van der Waals surface area contributed by atoms with Crippen LogP contribution in [-0.2, 0) is 0 Å². The molecule has 0 spiro atoms. The second-order valence-electron chi connectivity index (χ2n) is 6.40. The molecule has 0 aromatic heterocycles. The smallest absolute Gasteiger partial charge is 0.0453 e. The van der Waals surface area contributed by atoms with Crippen LogP contribution in [-0.4, -0.2) is 48.6 Å². The first-order valence-electron chi connectivity index (χ1n) is 8.20. The Morgan fingerprint density at radius 3 is 2.86 bits per heavy atom. The van der Waals surface area contributed by atoms with Gasteiger partial charge in [0.25, 0.3) is 0 Å². The standard InChI is InChI=1S/C17H26ClN3/c18-16-7-2-1-6-15(16)17(19)8-12-20-9-4-11-21-10-3-5-14(21)13-20/h1-2,6-7,14,17H,3-5,8-13,19H2. The van der Waals surface area contributed by atoms with Gasteiger partial charge in [0.05, 0.1) is 0 Å². The molecule has 2 heterocycles. The summed E-state index contributed by atoms with van der Waals surface area (Å²) in [6, 6.07) is 8.78. The summed E-state index contributed by atoms with van der Waals surface area (Å²) in [5, 5.41) is 0.794. The third kappa shape index (κ3) is 3.78. The van der Waals surface area contributed by atoms with Gasteiger partial charge in [-0.05, 0) is 56.9 Å². The van der Waals surface area contributed by atoms with E-state index in [-0.39, 0.29) is 6.04 Å². The van der Waals surface area contributed by atoms with E-state index in [9.17, 15) is 0 Å². The molecule has 0 bridgehead atoms. The lowest BCUT2D eigenvalue weighted by Gasteiger charge is -2.26. The summed E-state index contributed by atoms with van der Waals surface area (Å²) in [5.74, 6) is 0. The Bertz CT molecular complexity index is 465. The number of rotatable bonds is 4. The fraction of sp³-hybridized carbons (Fsp3) is 0.647. The topological polar surface area (TPSA) is 32.5 Å². The molecule has 2 fully saturated rings. The van der Waals surface area contributed by atoms with E-state index in [1.807, 2.05) is 24.3 Å². The van der Waals surface area contributed by atoms with E-state index in [2.05, 4.69) is 9.80 Å². The molecule has 21 heavy (non-hydrogen) atoms. The zero-order valence-electron chi connectivity index (χ0n) is 12.7. The van der Waals surface area contributed by atoms with Crippen molar-refractivity contribution in [3.05, 3.63) is 34.9 Å². The molecule has 3 rings (SSSR count). The summed E-state index contributed by atoms with van der Waals surface area (Å²) < 4.78 is 0. The number of hydrogen-bond acceptors (Lipinski definition) is 3. The van der Waals surface area contributed by atoms with Crippen molar-refractivity contribution >= 4 is 11.6 Å². The van der Waals surface area contributed by atoms with E-state index in [0.717, 1.165) is 29.6 Å². The van der Waals surface area contributed by atoms with Gasteiger partial charge in [0.1, 0.15) is 0 Å². The molecule has 0 aliphatic carbocycles. The molecule has 0 saturated carbocycles. The van der Waals surface area contributed by atoms with Gasteiger partial charge >= 0.3 is 0 Å². The Morgan fingerprint density at radius 2 is 2.00 bits per heavy atom. The third-order valence-corrected chi connectivity index (χ3v) is 5.29. The normalized spacial score (nSPS) is 25.5. The van der Waals surface area contributed by atoms with Crippen molar-refractivity contribution in [1.82, 2.24) is 9.80 Å². The van der Waals surface area contributed by atoms with E-state index in [1.54, 1.807) is 0 Å². The van der Waals surface area contributed by atoms with Crippen LogP contribution in [0.5, 0.6) is 0 Å². The summed E-state index contributed by atoms with van der Waals surface area (Å²) in [5.41, 5.74) is 7.42. The lowest BCUT2D eigenvalue weighted by atomic mass is 10.0. The maximum atomic E-state index is 6.34. The van der Waals surface area contributed by atoms with Gasteiger partial charge in [0.2, 0.25) is 0 Å². The predicted octanol–water partition coefficient (Wildman–Crippen LogP) is 2.90. The molecule has 0 radical (unpaired) electrons. The Balaban J connectivity index is 1.53. The molecular formula is C17H26ClN3. The first kappa shape index (κ1) is 15.3. The highest BCUT2D eigenvalue weighted by Gasteiger charge is 2.28. The van der Waals surface area contributed by atoms with Crippen molar-refractivity contribution < 1.29 is 0 Å². The van der Waals surface area contributed by atoms with Crippen LogP contribution in [0, 0.1) is 0 Å². The molecule has 2 aliphatic heterocycles. The van der Waals surface area contributed by atoms with Crippen molar-refractivity contribution in [3.63, 3.8) is 0 Å². The van der Waals surface area contributed by atoms with Crippen LogP contribution in [0.25, 0.3) is 0 Å². The molecule has 3 nitrogen and oxygen atoms in total. The summed E-state index contributed by atoms with van der Waals surface area (Å²) in [6.45, 7) is 6.09. The van der Waals surface area contributed by atoms with Crippen molar-refractivity contribution in [2.75, 3.05) is 32.7 Å². The molecule has 2 unspecified atom stereocenters. The first-order chi connectivity index (χ1) is 10.2. The third-order valence-electron chi connectivity index (χ3n) is 4.95. The lowest BCUT2D eigenvalue weighted by Crippen LogP contribution is -2.37. The SMILES string of the molecule is NC(CCN1CCCN2CCCC2C1)c1ccccc1Cl. The number of hydrogen-bond donors (Lipinski definition) is 1. The minimum absolute atomic E-state index is 0.0432. The Morgan fingerprint density at radius 1 is 1.19 bits per heavy atom. The Labute approximate surface area is 133 Å². The molecule has 1 aromatic carbocycles. The monoisotopic (exact) mass is 307 g/mol. The van der Waals surface area contributed by atoms with Gasteiger partial charge in [-0.2, -0.15) is 0 Å². The highest BCUT2D eigenvalue weighted by molar-refractivity contribution is 6.31. The van der Waals surface area contributed by atoms with Crippen molar-refractivity contribution in [2.24, 2.45) is 5.73 Å². The van der Waals surface area contributed by atoms with E-state index in [1.165, 1.54) is 45.4 Å². The van der Waals surface area contributed by atoms with Crippen LogP contribution in [0.4, 0.5) is 0 Å². The van der Waals surface area contributed by atoms with Crippen molar-refractivity contribution in [2.45, 2.75) is 37.8 Å². The van der Waals surface area contributed by atoms with Crippen LogP contribution in [0.15, 0.2) is 24.3 Å².